The lowest BCUT2D eigenvalue weighted by atomic mass is 10.2. The third-order valence-electron chi connectivity index (χ3n) is 1.78. The zero-order valence-corrected chi connectivity index (χ0v) is 8.12. The molecule has 0 aliphatic rings. The second-order valence-electron chi connectivity index (χ2n) is 2.92. The largest absolute Gasteiger partial charge is 0.411 e. The van der Waals surface area contributed by atoms with Gasteiger partial charge in [-0.25, -0.2) is 0 Å². The monoisotopic (exact) mass is 206 g/mol. The van der Waals surface area contributed by atoms with Crippen LogP contribution in [0.5, 0.6) is 0 Å². The Morgan fingerprint density at radius 1 is 1.47 bits per heavy atom. The molecule has 0 fully saturated rings. The number of hydrogen-bond acceptors (Lipinski definition) is 4. The van der Waals surface area contributed by atoms with Crippen LogP contribution in [0.25, 0.3) is 6.08 Å². The van der Waals surface area contributed by atoms with E-state index in [1.807, 2.05) is 0 Å². The number of oxime groups is 1. The Balaban J connectivity index is 2.81. The minimum atomic E-state index is -0.450. The van der Waals surface area contributed by atoms with E-state index in [1.54, 1.807) is 31.2 Å². The molecule has 0 aromatic heterocycles. The molecule has 1 rings (SSSR count). The van der Waals surface area contributed by atoms with Gasteiger partial charge in [-0.3, -0.25) is 10.1 Å². The topological polar surface area (TPSA) is 75.7 Å². The molecule has 0 bridgehead atoms. The maximum Gasteiger partial charge on any atom is 0.269 e. The van der Waals surface area contributed by atoms with Gasteiger partial charge in [-0.2, -0.15) is 0 Å². The first-order valence-electron chi connectivity index (χ1n) is 4.24. The Hall–Kier alpha value is -2.17. The Kier molecular flexibility index (Phi) is 3.56. The van der Waals surface area contributed by atoms with Crippen molar-refractivity contribution < 1.29 is 10.1 Å². The molecule has 0 atom stereocenters. The summed E-state index contributed by atoms with van der Waals surface area (Å²) in [5.41, 5.74) is 1.33. The third-order valence-corrected chi connectivity index (χ3v) is 1.78. The summed E-state index contributed by atoms with van der Waals surface area (Å²) in [5.74, 6) is 0. The normalized spacial score (nSPS) is 11.9. The van der Waals surface area contributed by atoms with Gasteiger partial charge in [0.2, 0.25) is 0 Å². The fraction of sp³-hybridized carbons (Fsp3) is 0.100. The molecule has 1 aromatic carbocycles. The standard InChI is InChI=1S/C10H10N2O3/c1-8(11-13)2-3-9-4-6-10(7-5-9)12(14)15/h2-7,13H,1H3/b3-2+,11-8+. The van der Waals surface area contributed by atoms with Gasteiger partial charge in [0.15, 0.2) is 0 Å². The first-order chi connectivity index (χ1) is 7.13. The second kappa shape index (κ2) is 4.90. The summed E-state index contributed by atoms with van der Waals surface area (Å²) in [6.07, 6.45) is 3.32. The predicted octanol–water partition coefficient (Wildman–Crippen LogP) is 2.46. The van der Waals surface area contributed by atoms with Gasteiger partial charge in [0.25, 0.3) is 5.69 Å². The second-order valence-corrected chi connectivity index (χ2v) is 2.92. The molecule has 1 N–H and O–H groups in total. The Morgan fingerprint density at radius 3 is 2.53 bits per heavy atom. The summed E-state index contributed by atoms with van der Waals surface area (Å²) < 4.78 is 0. The summed E-state index contributed by atoms with van der Waals surface area (Å²) in [6, 6.07) is 6.09. The lowest BCUT2D eigenvalue weighted by molar-refractivity contribution is -0.384. The summed E-state index contributed by atoms with van der Waals surface area (Å²) >= 11 is 0. The molecular weight excluding hydrogens is 196 g/mol. The zero-order chi connectivity index (χ0) is 11.3. The van der Waals surface area contributed by atoms with Crippen molar-refractivity contribution in [2.24, 2.45) is 5.16 Å². The van der Waals surface area contributed by atoms with E-state index in [1.165, 1.54) is 12.1 Å². The van der Waals surface area contributed by atoms with Crippen molar-refractivity contribution >= 4 is 17.5 Å². The van der Waals surface area contributed by atoms with Gasteiger partial charge in [-0.15, -0.1) is 0 Å². The van der Waals surface area contributed by atoms with Crippen LogP contribution in [0.3, 0.4) is 0 Å². The molecule has 0 spiro atoms. The van der Waals surface area contributed by atoms with Gasteiger partial charge in [-0.05, 0) is 30.7 Å². The molecule has 0 amide bonds. The SMILES string of the molecule is CC(/C=C/c1ccc([N+](=O)[O-])cc1)=N\O. The highest BCUT2D eigenvalue weighted by Crippen LogP contribution is 2.12. The Morgan fingerprint density at radius 2 is 2.07 bits per heavy atom. The van der Waals surface area contributed by atoms with E-state index in [0.717, 1.165) is 5.56 Å². The summed E-state index contributed by atoms with van der Waals surface area (Å²) in [5, 5.41) is 21.7. The summed E-state index contributed by atoms with van der Waals surface area (Å²) in [6.45, 7) is 1.64. The zero-order valence-electron chi connectivity index (χ0n) is 8.12. The van der Waals surface area contributed by atoms with Crippen molar-refractivity contribution in [3.05, 3.63) is 46.0 Å². The Bertz CT molecular complexity index is 407. The van der Waals surface area contributed by atoms with Crippen LogP contribution in [0.15, 0.2) is 35.5 Å². The van der Waals surface area contributed by atoms with Gasteiger partial charge >= 0.3 is 0 Å². The van der Waals surface area contributed by atoms with Gasteiger partial charge in [0.1, 0.15) is 0 Å². The van der Waals surface area contributed by atoms with E-state index >= 15 is 0 Å². The van der Waals surface area contributed by atoms with Gasteiger partial charge in [0.05, 0.1) is 10.6 Å². The average Bonchev–Trinajstić information content (AvgIpc) is 2.26. The van der Waals surface area contributed by atoms with E-state index in [0.29, 0.717) is 5.71 Å². The van der Waals surface area contributed by atoms with Crippen LogP contribution in [0.1, 0.15) is 12.5 Å². The first kappa shape index (κ1) is 10.9. The van der Waals surface area contributed by atoms with Gasteiger partial charge < -0.3 is 5.21 Å². The predicted molar refractivity (Wildman–Crippen MR) is 57.0 cm³/mol. The molecule has 0 radical (unpaired) electrons. The molecule has 0 saturated carbocycles. The quantitative estimate of drug-likeness (QED) is 0.357. The number of nitrogens with zero attached hydrogens (tertiary/aromatic N) is 2. The maximum absolute atomic E-state index is 10.4. The van der Waals surface area contributed by atoms with Crippen molar-refractivity contribution in [3.8, 4) is 0 Å². The molecule has 5 nitrogen and oxygen atoms in total. The molecule has 0 unspecified atom stereocenters. The van der Waals surface area contributed by atoms with E-state index in [4.69, 9.17) is 5.21 Å². The fourth-order valence-electron chi connectivity index (χ4n) is 0.957. The average molecular weight is 206 g/mol. The lowest BCUT2D eigenvalue weighted by Gasteiger charge is -1.93. The van der Waals surface area contributed by atoms with Gasteiger partial charge in [0, 0.05) is 12.1 Å². The number of hydrogen-bond donors (Lipinski definition) is 1. The molecule has 15 heavy (non-hydrogen) atoms. The van der Waals surface area contributed by atoms with Crippen molar-refractivity contribution in [3.63, 3.8) is 0 Å². The molecule has 0 aliphatic heterocycles. The summed E-state index contributed by atoms with van der Waals surface area (Å²) in [4.78, 5) is 9.91. The number of nitro groups is 1. The third kappa shape index (κ3) is 3.22. The Labute approximate surface area is 86.5 Å². The minimum absolute atomic E-state index is 0.0553. The first-order valence-corrected chi connectivity index (χ1v) is 4.24. The molecule has 0 saturated heterocycles. The number of benzene rings is 1. The van der Waals surface area contributed by atoms with Crippen LogP contribution < -0.4 is 0 Å². The van der Waals surface area contributed by atoms with E-state index in [2.05, 4.69) is 5.16 Å². The van der Waals surface area contributed by atoms with Crippen LogP contribution in [-0.2, 0) is 0 Å². The molecular formula is C10H10N2O3. The molecule has 1 aromatic rings. The molecule has 0 aliphatic carbocycles. The summed E-state index contributed by atoms with van der Waals surface area (Å²) in [7, 11) is 0. The molecule has 78 valence electrons. The van der Waals surface area contributed by atoms with Crippen LogP contribution >= 0.6 is 0 Å². The van der Waals surface area contributed by atoms with Crippen LogP contribution in [-0.4, -0.2) is 15.8 Å². The number of allylic oxidation sites excluding steroid dienone is 1. The smallest absolute Gasteiger partial charge is 0.269 e. The van der Waals surface area contributed by atoms with E-state index < -0.39 is 4.92 Å². The highest BCUT2D eigenvalue weighted by atomic mass is 16.6. The lowest BCUT2D eigenvalue weighted by Crippen LogP contribution is -1.87. The highest BCUT2D eigenvalue weighted by Gasteiger charge is 2.01. The van der Waals surface area contributed by atoms with Crippen LogP contribution in [0, 0.1) is 10.1 Å². The van der Waals surface area contributed by atoms with E-state index in [-0.39, 0.29) is 5.69 Å². The van der Waals surface area contributed by atoms with Crippen LogP contribution in [0.4, 0.5) is 5.69 Å². The van der Waals surface area contributed by atoms with Crippen LogP contribution in [0.2, 0.25) is 0 Å². The van der Waals surface area contributed by atoms with Crippen molar-refractivity contribution in [1.82, 2.24) is 0 Å². The van der Waals surface area contributed by atoms with Crippen molar-refractivity contribution in [2.75, 3.05) is 0 Å². The maximum atomic E-state index is 10.4. The minimum Gasteiger partial charge on any atom is -0.411 e. The number of non-ortho nitro benzene ring substituents is 1. The van der Waals surface area contributed by atoms with Gasteiger partial charge in [-0.1, -0.05) is 11.2 Å². The van der Waals surface area contributed by atoms with Crippen molar-refractivity contribution in [2.45, 2.75) is 6.92 Å². The molecule has 0 heterocycles. The number of rotatable bonds is 3. The van der Waals surface area contributed by atoms with E-state index in [9.17, 15) is 10.1 Å². The van der Waals surface area contributed by atoms with Crippen molar-refractivity contribution in [1.29, 1.82) is 0 Å². The number of nitro benzene ring substituents is 1. The fourth-order valence-corrected chi connectivity index (χ4v) is 0.957. The highest BCUT2D eigenvalue weighted by molar-refractivity contribution is 5.95. The molecule has 5 heteroatoms.